The van der Waals surface area contributed by atoms with E-state index in [4.69, 9.17) is 26.3 Å². The van der Waals surface area contributed by atoms with Crippen LogP contribution in [0.2, 0.25) is 5.02 Å². The highest BCUT2D eigenvalue weighted by Crippen LogP contribution is 2.44. The summed E-state index contributed by atoms with van der Waals surface area (Å²) in [5.41, 5.74) is 5.51. The second-order valence-electron chi connectivity index (χ2n) is 10.3. The van der Waals surface area contributed by atoms with E-state index in [1.54, 1.807) is 29.2 Å². The quantitative estimate of drug-likeness (QED) is 0.237. The first-order valence-corrected chi connectivity index (χ1v) is 13.6. The number of carboxylic acid groups (broad SMARTS) is 1. The maximum atomic E-state index is 12.5. The molecule has 3 aromatic heterocycles. The van der Waals surface area contributed by atoms with Gasteiger partial charge in [-0.2, -0.15) is 5.10 Å². The Balaban J connectivity index is 1.74. The molecule has 10 heteroatoms. The molecule has 0 fully saturated rings. The van der Waals surface area contributed by atoms with Crippen molar-refractivity contribution in [2.75, 3.05) is 0 Å². The minimum atomic E-state index is -1.18. The van der Waals surface area contributed by atoms with E-state index in [2.05, 4.69) is 10.1 Å². The number of hydrogen-bond acceptors (Lipinski definition) is 7. The zero-order valence-electron chi connectivity index (χ0n) is 22.5. The minimum absolute atomic E-state index is 0.566. The van der Waals surface area contributed by atoms with Crippen LogP contribution in [-0.2, 0) is 16.6 Å². The summed E-state index contributed by atoms with van der Waals surface area (Å²) in [7, 11) is 1.88. The van der Waals surface area contributed by atoms with Gasteiger partial charge in [0, 0.05) is 35.1 Å². The van der Waals surface area contributed by atoms with Gasteiger partial charge in [-0.05, 0) is 70.0 Å². The van der Waals surface area contributed by atoms with E-state index in [1.807, 2.05) is 65.9 Å². The number of nitrogens with zero attached hydrogens (tertiary/aromatic N) is 5. The van der Waals surface area contributed by atoms with Crippen LogP contribution in [0.3, 0.4) is 0 Å². The van der Waals surface area contributed by atoms with Crippen molar-refractivity contribution in [1.29, 1.82) is 0 Å². The molecule has 200 valence electrons. The van der Waals surface area contributed by atoms with Crippen LogP contribution in [0.15, 0.2) is 48.8 Å². The first kappa shape index (κ1) is 26.9. The second-order valence-corrected chi connectivity index (χ2v) is 11.8. The van der Waals surface area contributed by atoms with E-state index in [0.717, 1.165) is 38.2 Å². The molecule has 0 radical (unpaired) electrons. The third kappa shape index (κ3) is 5.30. The fraction of sp³-hybridized carbons (Fsp3) is 0.276. The van der Waals surface area contributed by atoms with Gasteiger partial charge >= 0.3 is 5.97 Å². The number of aryl methyl sites for hydroxylation is 2. The zero-order chi connectivity index (χ0) is 28.1. The van der Waals surface area contributed by atoms with E-state index in [0.29, 0.717) is 27.1 Å². The van der Waals surface area contributed by atoms with Crippen LogP contribution >= 0.6 is 22.9 Å². The summed E-state index contributed by atoms with van der Waals surface area (Å²) < 4.78 is 8.72. The molecule has 0 bridgehead atoms. The van der Waals surface area contributed by atoms with E-state index < -0.39 is 17.7 Å². The number of carbonyl (C=O) groups is 1. The summed E-state index contributed by atoms with van der Waals surface area (Å²) in [6, 6.07) is 11.1. The molecule has 5 rings (SSSR count). The van der Waals surface area contributed by atoms with Crippen LogP contribution in [-0.4, -0.2) is 41.4 Å². The zero-order valence-corrected chi connectivity index (χ0v) is 24.1. The molecule has 0 spiro atoms. The Morgan fingerprint density at radius 3 is 2.46 bits per heavy atom. The highest BCUT2D eigenvalue weighted by molar-refractivity contribution is 7.22. The predicted molar refractivity (Wildman–Crippen MR) is 154 cm³/mol. The molecule has 5 aromatic rings. The Morgan fingerprint density at radius 2 is 1.85 bits per heavy atom. The molecule has 0 aliphatic heterocycles. The second kappa shape index (κ2) is 10.1. The SMILES string of the molecule is Cc1cc2nc(-c3ccnc(-c4cnn(C)c4C)n3)sc2c(-c2ccc(Cl)cc2)c1[C@H](OC(C)(C)C)C(=O)O. The number of thiazole rings is 1. The van der Waals surface area contributed by atoms with Crippen molar-refractivity contribution < 1.29 is 14.6 Å². The van der Waals surface area contributed by atoms with E-state index in [9.17, 15) is 9.90 Å². The number of rotatable bonds is 6. The van der Waals surface area contributed by atoms with Gasteiger partial charge in [-0.3, -0.25) is 4.68 Å². The van der Waals surface area contributed by atoms with Gasteiger partial charge < -0.3 is 9.84 Å². The molecule has 0 aliphatic carbocycles. The number of fused-ring (bicyclic) bond motifs is 1. The lowest BCUT2D eigenvalue weighted by Gasteiger charge is -2.28. The van der Waals surface area contributed by atoms with Gasteiger partial charge in [0.15, 0.2) is 11.9 Å². The van der Waals surface area contributed by atoms with Gasteiger partial charge in [-0.1, -0.05) is 23.7 Å². The number of aromatic nitrogens is 5. The number of ether oxygens (including phenoxy) is 1. The number of hydrogen-bond donors (Lipinski definition) is 1. The smallest absolute Gasteiger partial charge is 0.337 e. The summed E-state index contributed by atoms with van der Waals surface area (Å²) in [6.45, 7) is 9.40. The van der Waals surface area contributed by atoms with Crippen molar-refractivity contribution in [2.45, 2.75) is 46.3 Å². The maximum absolute atomic E-state index is 12.5. The third-order valence-electron chi connectivity index (χ3n) is 6.37. The molecule has 1 N–H and O–H groups in total. The fourth-order valence-corrected chi connectivity index (χ4v) is 5.69. The Morgan fingerprint density at radius 1 is 1.13 bits per heavy atom. The molecular formula is C29H28ClN5O3S. The van der Waals surface area contributed by atoms with Gasteiger partial charge in [-0.15, -0.1) is 11.3 Å². The van der Waals surface area contributed by atoms with Gasteiger partial charge in [-0.25, -0.2) is 19.7 Å². The largest absolute Gasteiger partial charge is 0.479 e. The Hall–Kier alpha value is -3.66. The lowest BCUT2D eigenvalue weighted by Crippen LogP contribution is -2.28. The number of benzene rings is 2. The predicted octanol–water partition coefficient (Wildman–Crippen LogP) is 7.03. The molecular weight excluding hydrogens is 534 g/mol. The average Bonchev–Trinajstić information content (AvgIpc) is 3.45. The maximum Gasteiger partial charge on any atom is 0.337 e. The van der Waals surface area contributed by atoms with Crippen LogP contribution in [0.5, 0.6) is 0 Å². The summed E-state index contributed by atoms with van der Waals surface area (Å²) >= 11 is 7.66. The van der Waals surface area contributed by atoms with Gasteiger partial charge in [0.05, 0.1) is 27.6 Å². The van der Waals surface area contributed by atoms with Crippen LogP contribution in [0.1, 0.15) is 43.7 Å². The topological polar surface area (TPSA) is 103 Å². The lowest BCUT2D eigenvalue weighted by molar-refractivity contribution is -0.160. The summed E-state index contributed by atoms with van der Waals surface area (Å²) in [4.78, 5) is 26.7. The van der Waals surface area contributed by atoms with Crippen LogP contribution < -0.4 is 0 Å². The normalized spacial score (nSPS) is 12.7. The van der Waals surface area contributed by atoms with Crippen LogP contribution in [0.25, 0.3) is 43.4 Å². The van der Waals surface area contributed by atoms with Gasteiger partial charge in [0.25, 0.3) is 0 Å². The number of carboxylic acids is 1. The van der Waals surface area contributed by atoms with Crippen molar-refractivity contribution in [3.05, 3.63) is 70.6 Å². The van der Waals surface area contributed by atoms with Crippen molar-refractivity contribution in [3.63, 3.8) is 0 Å². The summed E-state index contributed by atoms with van der Waals surface area (Å²) in [5.74, 6) is -0.490. The molecule has 0 aliphatic rings. The fourth-order valence-electron chi connectivity index (χ4n) is 4.47. The first-order chi connectivity index (χ1) is 18.4. The van der Waals surface area contributed by atoms with Crippen LogP contribution in [0, 0.1) is 13.8 Å². The highest BCUT2D eigenvalue weighted by atomic mass is 35.5. The highest BCUT2D eigenvalue weighted by Gasteiger charge is 2.32. The molecule has 8 nitrogen and oxygen atoms in total. The minimum Gasteiger partial charge on any atom is -0.479 e. The summed E-state index contributed by atoms with van der Waals surface area (Å²) in [6.07, 6.45) is 2.29. The number of aliphatic carboxylic acids is 1. The molecule has 1 atom stereocenters. The molecule has 0 unspecified atom stereocenters. The van der Waals surface area contributed by atoms with Crippen molar-refractivity contribution >= 4 is 39.1 Å². The van der Waals surface area contributed by atoms with E-state index in [1.165, 1.54) is 11.3 Å². The standard InChI is InChI=1S/C29H28ClN5O3S/c1-15-13-21-25(39-27(34-21)20-11-12-31-26(33-20)19-14-32-35(6)16(19)2)23(17-7-9-18(30)10-8-17)22(15)24(28(36)37)38-29(3,4)5/h7-14,24H,1-6H3,(H,36,37)/t24-/m0/s1. The molecule has 2 aromatic carbocycles. The Bertz CT molecular complexity index is 1700. The van der Waals surface area contributed by atoms with Crippen molar-refractivity contribution in [1.82, 2.24) is 24.7 Å². The Labute approximate surface area is 235 Å². The van der Waals surface area contributed by atoms with Crippen LogP contribution in [0.4, 0.5) is 0 Å². The van der Waals surface area contributed by atoms with Crippen molar-refractivity contribution in [3.8, 4) is 33.2 Å². The summed E-state index contributed by atoms with van der Waals surface area (Å²) in [5, 5.41) is 15.9. The molecule has 39 heavy (non-hydrogen) atoms. The Kier molecular flexibility index (Phi) is 7.00. The number of halogens is 1. The first-order valence-electron chi connectivity index (χ1n) is 12.4. The average molecular weight is 562 g/mol. The molecule has 0 saturated carbocycles. The molecule has 3 heterocycles. The van der Waals surface area contributed by atoms with Gasteiger partial charge in [0.2, 0.25) is 0 Å². The monoisotopic (exact) mass is 561 g/mol. The van der Waals surface area contributed by atoms with E-state index >= 15 is 0 Å². The van der Waals surface area contributed by atoms with Crippen molar-refractivity contribution in [2.24, 2.45) is 7.05 Å². The third-order valence-corrected chi connectivity index (χ3v) is 7.73. The lowest BCUT2D eigenvalue weighted by atomic mass is 9.91. The molecule has 0 saturated heterocycles. The molecule has 0 amide bonds. The van der Waals surface area contributed by atoms with Gasteiger partial charge in [0.1, 0.15) is 10.7 Å². The van der Waals surface area contributed by atoms with E-state index in [-0.39, 0.29) is 0 Å².